The number of hydrogen-bond acceptors (Lipinski definition) is 5. The van der Waals surface area contributed by atoms with E-state index in [9.17, 15) is 14.4 Å². The number of nitrogens with zero attached hydrogens (tertiary/aromatic N) is 2. The lowest BCUT2D eigenvalue weighted by Crippen LogP contribution is -2.58. The van der Waals surface area contributed by atoms with Crippen LogP contribution in [0.5, 0.6) is 0 Å². The van der Waals surface area contributed by atoms with Gasteiger partial charge in [-0.15, -0.1) is 0 Å². The highest BCUT2D eigenvalue weighted by atomic mass is 16.2. The minimum absolute atomic E-state index is 0.216. The molecule has 39 heavy (non-hydrogen) atoms. The number of carbonyl (C=O) groups excluding carboxylic acids is 2. The predicted molar refractivity (Wildman–Crippen MR) is 151 cm³/mol. The normalized spacial score (nSPS) is 29.4. The van der Waals surface area contributed by atoms with Crippen molar-refractivity contribution in [3.05, 3.63) is 39.9 Å². The second-order valence-corrected chi connectivity index (χ2v) is 12.6. The van der Waals surface area contributed by atoms with Crippen LogP contribution in [0.3, 0.4) is 0 Å². The summed E-state index contributed by atoms with van der Waals surface area (Å²) in [6.07, 6.45) is 15.0. The van der Waals surface area contributed by atoms with E-state index < -0.39 is 11.9 Å². The van der Waals surface area contributed by atoms with Gasteiger partial charge in [-0.1, -0.05) is 24.7 Å². The zero-order chi connectivity index (χ0) is 27.0. The molecule has 4 aliphatic carbocycles. The van der Waals surface area contributed by atoms with Crippen LogP contribution in [-0.4, -0.2) is 33.4 Å². The van der Waals surface area contributed by atoms with Gasteiger partial charge in [-0.3, -0.25) is 24.3 Å². The molecule has 7 rings (SSSR count). The Morgan fingerprint density at radius 3 is 2.46 bits per heavy atom. The van der Waals surface area contributed by atoms with Gasteiger partial charge in [-0.25, -0.2) is 4.98 Å². The molecule has 2 heterocycles. The molecule has 1 aromatic carbocycles. The number of piperidine rings is 1. The summed E-state index contributed by atoms with van der Waals surface area (Å²) in [5, 5.41) is 6.79. The number of carbonyl (C=O) groups is 2. The Hall–Kier alpha value is -2.98. The van der Waals surface area contributed by atoms with Gasteiger partial charge in [0.1, 0.15) is 11.9 Å². The van der Waals surface area contributed by atoms with Gasteiger partial charge < -0.3 is 5.32 Å². The third-order valence-electron chi connectivity index (χ3n) is 9.60. The maximum Gasteiger partial charge on any atom is 0.262 e. The number of imide groups is 1. The third kappa shape index (κ3) is 5.54. The molecule has 206 valence electrons. The monoisotopic (exact) mass is 528 g/mol. The van der Waals surface area contributed by atoms with Crippen molar-refractivity contribution < 1.29 is 9.59 Å². The average Bonchev–Trinajstić information content (AvgIpc) is 2.88. The molecule has 1 aliphatic heterocycles. The number of benzene rings is 1. The lowest BCUT2D eigenvalue weighted by molar-refractivity contribution is -0.135. The number of amides is 2. The third-order valence-corrected chi connectivity index (χ3v) is 9.60. The van der Waals surface area contributed by atoms with Gasteiger partial charge in [-0.05, 0) is 107 Å². The Bertz CT molecular complexity index is 1360. The number of hydrogen-bond donors (Lipinski definition) is 2. The quantitative estimate of drug-likeness (QED) is 0.298. The fourth-order valence-corrected chi connectivity index (χ4v) is 8.22. The molecule has 1 unspecified atom stereocenters. The van der Waals surface area contributed by atoms with E-state index in [4.69, 9.17) is 0 Å². The summed E-state index contributed by atoms with van der Waals surface area (Å²) in [6, 6.07) is 4.73. The second kappa shape index (κ2) is 10.9. The molecule has 1 saturated heterocycles. The lowest BCUT2D eigenvalue weighted by atomic mass is 9.53. The molecule has 1 atom stereocenters. The first-order valence-corrected chi connectivity index (χ1v) is 15.0. The number of unbranched alkanes of at least 4 members (excludes halogenated alkanes) is 4. The summed E-state index contributed by atoms with van der Waals surface area (Å²) >= 11 is 0. The second-order valence-electron chi connectivity index (χ2n) is 12.6. The number of fused-ring (bicyclic) bond motifs is 1. The molecule has 2 amide bonds. The van der Waals surface area contributed by atoms with Crippen molar-refractivity contribution >= 4 is 22.7 Å². The summed E-state index contributed by atoms with van der Waals surface area (Å²) in [5.74, 6) is 9.23. The van der Waals surface area contributed by atoms with Crippen LogP contribution in [0, 0.1) is 36.5 Å². The maximum atomic E-state index is 13.2. The number of aromatic nitrogens is 2. The fourth-order valence-electron chi connectivity index (χ4n) is 8.22. The molecular weight excluding hydrogens is 488 g/mol. The van der Waals surface area contributed by atoms with E-state index >= 15 is 0 Å². The molecule has 0 radical (unpaired) electrons. The first-order chi connectivity index (χ1) is 18.9. The number of nitrogens with one attached hydrogen (secondary N) is 2. The highest BCUT2D eigenvalue weighted by molar-refractivity contribution is 5.99. The maximum absolute atomic E-state index is 13.2. The highest BCUT2D eigenvalue weighted by Gasteiger charge is 2.50. The summed E-state index contributed by atoms with van der Waals surface area (Å²) in [6.45, 7) is 2.88. The Morgan fingerprint density at radius 1 is 1.03 bits per heavy atom. The van der Waals surface area contributed by atoms with Crippen molar-refractivity contribution in [2.24, 2.45) is 17.8 Å². The van der Waals surface area contributed by atoms with E-state index in [1.54, 1.807) is 13.0 Å². The molecule has 4 bridgehead atoms. The Kier molecular flexibility index (Phi) is 7.33. The largest absolute Gasteiger partial charge is 0.311 e. The molecule has 0 spiro atoms. The van der Waals surface area contributed by atoms with Crippen molar-refractivity contribution in [3.8, 4) is 11.8 Å². The Balaban J connectivity index is 0.971. The van der Waals surface area contributed by atoms with Crippen LogP contribution >= 0.6 is 0 Å². The number of rotatable bonds is 8. The zero-order valence-electron chi connectivity index (χ0n) is 23.1. The number of aryl methyl sites for hydroxylation is 1. The van der Waals surface area contributed by atoms with Gasteiger partial charge in [0.15, 0.2) is 0 Å². The lowest BCUT2D eigenvalue weighted by Gasteiger charge is -2.57. The standard InChI is InChI=1S/C32H40N4O3/c1-21-34-27-17-22(9-10-26(27)31(39)36(21)28-11-12-29(37)35-30(28)38)8-6-4-2-3-5-7-13-33-32-18-23-14-24(19-32)16-25(15-23)20-32/h9-10,17,23-25,28,33H,2-5,7,11-16,18-20H2,1H3,(H,35,37,38). The van der Waals surface area contributed by atoms with Crippen LogP contribution < -0.4 is 16.2 Å². The van der Waals surface area contributed by atoms with Crippen LogP contribution in [0.2, 0.25) is 0 Å². The molecule has 5 fully saturated rings. The molecule has 5 aliphatic rings. The van der Waals surface area contributed by atoms with Crippen molar-refractivity contribution in [3.63, 3.8) is 0 Å². The van der Waals surface area contributed by atoms with Gasteiger partial charge in [0.2, 0.25) is 11.8 Å². The van der Waals surface area contributed by atoms with Gasteiger partial charge in [0, 0.05) is 23.9 Å². The summed E-state index contributed by atoms with van der Waals surface area (Å²) in [5.41, 5.74) is 1.64. The van der Waals surface area contributed by atoms with Crippen LogP contribution in [-0.2, 0) is 9.59 Å². The Morgan fingerprint density at radius 2 is 1.74 bits per heavy atom. The van der Waals surface area contributed by atoms with Crippen LogP contribution in [0.25, 0.3) is 10.9 Å². The van der Waals surface area contributed by atoms with E-state index in [0.29, 0.717) is 28.7 Å². The van der Waals surface area contributed by atoms with Crippen molar-refractivity contribution in [2.45, 2.75) is 102 Å². The summed E-state index contributed by atoms with van der Waals surface area (Å²) in [4.78, 5) is 41.6. The molecule has 2 N–H and O–H groups in total. The van der Waals surface area contributed by atoms with Crippen molar-refractivity contribution in [2.75, 3.05) is 6.54 Å². The van der Waals surface area contributed by atoms with E-state index in [1.165, 1.54) is 62.4 Å². The van der Waals surface area contributed by atoms with Crippen LogP contribution in [0.4, 0.5) is 0 Å². The predicted octanol–water partition coefficient (Wildman–Crippen LogP) is 4.54. The summed E-state index contributed by atoms with van der Waals surface area (Å²) < 4.78 is 1.41. The minimum Gasteiger partial charge on any atom is -0.311 e. The minimum atomic E-state index is -0.709. The van der Waals surface area contributed by atoms with Crippen molar-refractivity contribution in [1.82, 2.24) is 20.2 Å². The SMILES string of the molecule is Cc1nc2cc(C#CCCCCCCNC34CC5CC(CC(C5)C3)C4)ccc2c(=O)n1C1CCC(=O)NC1=O. The van der Waals surface area contributed by atoms with Crippen LogP contribution in [0.15, 0.2) is 23.0 Å². The summed E-state index contributed by atoms with van der Waals surface area (Å²) in [7, 11) is 0. The van der Waals surface area contributed by atoms with Gasteiger partial charge in [0.05, 0.1) is 10.9 Å². The van der Waals surface area contributed by atoms with Gasteiger partial charge >= 0.3 is 0 Å². The van der Waals surface area contributed by atoms with Crippen molar-refractivity contribution in [1.29, 1.82) is 0 Å². The topological polar surface area (TPSA) is 93.1 Å². The zero-order valence-corrected chi connectivity index (χ0v) is 23.1. The molecule has 7 heteroatoms. The molecular formula is C32H40N4O3. The fraction of sp³-hybridized carbons (Fsp3) is 0.625. The van der Waals surface area contributed by atoms with E-state index in [0.717, 1.165) is 42.7 Å². The molecule has 7 nitrogen and oxygen atoms in total. The Labute approximate surface area is 230 Å². The van der Waals surface area contributed by atoms with E-state index in [2.05, 4.69) is 27.5 Å². The van der Waals surface area contributed by atoms with Gasteiger partial charge in [0.25, 0.3) is 5.56 Å². The average molecular weight is 529 g/mol. The highest BCUT2D eigenvalue weighted by Crippen LogP contribution is 2.55. The molecule has 4 saturated carbocycles. The first-order valence-electron chi connectivity index (χ1n) is 15.0. The van der Waals surface area contributed by atoms with E-state index in [1.807, 2.05) is 12.1 Å². The van der Waals surface area contributed by atoms with Crippen LogP contribution in [0.1, 0.15) is 101 Å². The van der Waals surface area contributed by atoms with E-state index in [-0.39, 0.29) is 17.9 Å². The first kappa shape index (κ1) is 26.3. The van der Waals surface area contributed by atoms with Gasteiger partial charge in [-0.2, -0.15) is 0 Å². The molecule has 1 aromatic heterocycles. The molecule has 2 aromatic rings. The smallest absolute Gasteiger partial charge is 0.262 e.